The molecule has 1 aliphatic heterocycles. The Labute approximate surface area is 125 Å². The molecule has 0 bridgehead atoms. The summed E-state index contributed by atoms with van der Waals surface area (Å²) in [4.78, 5) is 2.26. The van der Waals surface area contributed by atoms with Gasteiger partial charge in [0.05, 0.1) is 23.4 Å². The molecule has 1 aliphatic carbocycles. The first-order valence-electron chi connectivity index (χ1n) is 7.58. The number of benzene rings is 1. The highest BCUT2D eigenvalue weighted by molar-refractivity contribution is 6.33. The summed E-state index contributed by atoms with van der Waals surface area (Å²) in [6.45, 7) is 4.27. The molecule has 2 unspecified atom stereocenters. The van der Waals surface area contributed by atoms with Crippen molar-refractivity contribution in [3.8, 4) is 0 Å². The van der Waals surface area contributed by atoms with Crippen LogP contribution in [0.1, 0.15) is 31.7 Å². The van der Waals surface area contributed by atoms with Gasteiger partial charge in [0.1, 0.15) is 0 Å². The molecule has 1 aromatic carbocycles. The van der Waals surface area contributed by atoms with Gasteiger partial charge < -0.3 is 15.3 Å². The fourth-order valence-corrected chi connectivity index (χ4v) is 3.34. The molecule has 0 spiro atoms. The van der Waals surface area contributed by atoms with Crippen molar-refractivity contribution in [3.63, 3.8) is 0 Å². The number of anilines is 1. The van der Waals surface area contributed by atoms with Crippen molar-refractivity contribution in [2.45, 2.75) is 44.8 Å². The van der Waals surface area contributed by atoms with Crippen molar-refractivity contribution >= 4 is 17.3 Å². The van der Waals surface area contributed by atoms with Gasteiger partial charge in [0.15, 0.2) is 0 Å². The Morgan fingerprint density at radius 3 is 2.80 bits per heavy atom. The molecule has 0 radical (unpaired) electrons. The minimum absolute atomic E-state index is 0.197. The SMILES string of the molecule is CC1CCN(c2ccc(CNC3CC3)cc2Cl)C1CO. The molecule has 3 rings (SSSR count). The summed E-state index contributed by atoms with van der Waals surface area (Å²) < 4.78 is 0. The predicted octanol–water partition coefficient (Wildman–Crippen LogP) is 2.80. The zero-order valence-corrected chi connectivity index (χ0v) is 12.7. The lowest BCUT2D eigenvalue weighted by Gasteiger charge is -2.28. The molecule has 1 aromatic rings. The maximum Gasteiger partial charge on any atom is 0.0642 e. The number of nitrogens with one attached hydrogen (secondary N) is 1. The van der Waals surface area contributed by atoms with E-state index in [1.54, 1.807) is 0 Å². The summed E-state index contributed by atoms with van der Waals surface area (Å²) in [5, 5.41) is 13.9. The highest BCUT2D eigenvalue weighted by atomic mass is 35.5. The molecular formula is C16H23ClN2O. The molecule has 2 fully saturated rings. The third-order valence-corrected chi connectivity index (χ3v) is 4.87. The lowest BCUT2D eigenvalue weighted by molar-refractivity contribution is 0.245. The lowest BCUT2D eigenvalue weighted by Crippen LogP contribution is -2.35. The molecule has 3 nitrogen and oxygen atoms in total. The van der Waals surface area contributed by atoms with Crippen LogP contribution >= 0.6 is 11.6 Å². The standard InChI is InChI=1S/C16H23ClN2O/c1-11-6-7-19(16(11)10-20)15-5-2-12(8-14(15)17)9-18-13-3-4-13/h2,5,8,11,13,16,18,20H,3-4,6-7,9-10H2,1H3. The van der Waals surface area contributed by atoms with Crippen molar-refractivity contribution in [1.82, 2.24) is 5.32 Å². The molecule has 2 atom stereocenters. The first-order valence-corrected chi connectivity index (χ1v) is 7.96. The van der Waals surface area contributed by atoms with Crippen LogP contribution in [-0.2, 0) is 6.54 Å². The van der Waals surface area contributed by atoms with Crippen LogP contribution in [0.2, 0.25) is 5.02 Å². The Kier molecular flexibility index (Phi) is 4.20. The molecular weight excluding hydrogens is 272 g/mol. The van der Waals surface area contributed by atoms with Crippen molar-refractivity contribution in [3.05, 3.63) is 28.8 Å². The zero-order valence-electron chi connectivity index (χ0n) is 12.0. The molecule has 1 saturated heterocycles. The van der Waals surface area contributed by atoms with Gasteiger partial charge in [-0.2, -0.15) is 0 Å². The summed E-state index contributed by atoms with van der Waals surface area (Å²) in [5.41, 5.74) is 2.30. The number of aliphatic hydroxyl groups is 1. The Morgan fingerprint density at radius 1 is 1.35 bits per heavy atom. The van der Waals surface area contributed by atoms with Crippen LogP contribution in [0.4, 0.5) is 5.69 Å². The Hall–Kier alpha value is -0.770. The first-order chi connectivity index (χ1) is 9.69. The van der Waals surface area contributed by atoms with Crippen molar-refractivity contribution in [2.75, 3.05) is 18.1 Å². The fourth-order valence-electron chi connectivity index (χ4n) is 3.03. The summed E-state index contributed by atoms with van der Waals surface area (Å²) in [5.74, 6) is 0.521. The van der Waals surface area contributed by atoms with Gasteiger partial charge in [-0.1, -0.05) is 24.6 Å². The Bertz CT molecular complexity index is 476. The number of rotatable bonds is 5. The Morgan fingerprint density at radius 2 is 2.15 bits per heavy atom. The monoisotopic (exact) mass is 294 g/mol. The number of hydrogen-bond acceptors (Lipinski definition) is 3. The minimum atomic E-state index is 0.197. The minimum Gasteiger partial charge on any atom is -0.394 e. The summed E-state index contributed by atoms with van der Waals surface area (Å²) in [6, 6.07) is 7.22. The second kappa shape index (κ2) is 5.92. The van der Waals surface area contributed by atoms with Crippen LogP contribution in [-0.4, -0.2) is 30.3 Å². The maximum atomic E-state index is 9.57. The topological polar surface area (TPSA) is 35.5 Å². The second-order valence-corrected chi connectivity index (χ2v) is 6.56. The van der Waals surface area contributed by atoms with Gasteiger partial charge in [0, 0.05) is 19.1 Å². The van der Waals surface area contributed by atoms with E-state index in [-0.39, 0.29) is 12.6 Å². The van der Waals surface area contributed by atoms with Gasteiger partial charge in [-0.05, 0) is 42.9 Å². The molecule has 1 heterocycles. The van der Waals surface area contributed by atoms with E-state index in [4.69, 9.17) is 11.6 Å². The fraction of sp³-hybridized carbons (Fsp3) is 0.625. The van der Waals surface area contributed by atoms with E-state index >= 15 is 0 Å². The van der Waals surface area contributed by atoms with Gasteiger partial charge in [-0.15, -0.1) is 0 Å². The van der Waals surface area contributed by atoms with Gasteiger partial charge in [0.25, 0.3) is 0 Å². The lowest BCUT2D eigenvalue weighted by atomic mass is 10.0. The van der Waals surface area contributed by atoms with Gasteiger partial charge in [-0.3, -0.25) is 0 Å². The van der Waals surface area contributed by atoms with Crippen molar-refractivity contribution in [2.24, 2.45) is 5.92 Å². The third kappa shape index (κ3) is 2.95. The number of halogens is 1. The molecule has 1 saturated carbocycles. The third-order valence-electron chi connectivity index (χ3n) is 4.56. The highest BCUT2D eigenvalue weighted by Crippen LogP contribution is 2.34. The quantitative estimate of drug-likeness (QED) is 0.876. The largest absolute Gasteiger partial charge is 0.394 e. The van der Waals surface area contributed by atoms with Gasteiger partial charge >= 0.3 is 0 Å². The van der Waals surface area contributed by atoms with Crippen LogP contribution in [0.15, 0.2) is 18.2 Å². The van der Waals surface area contributed by atoms with E-state index in [1.165, 1.54) is 18.4 Å². The van der Waals surface area contributed by atoms with Crippen LogP contribution in [0.3, 0.4) is 0 Å². The average molecular weight is 295 g/mol. The second-order valence-electron chi connectivity index (χ2n) is 6.15. The normalized spacial score (nSPS) is 26.2. The molecule has 0 amide bonds. The number of hydrogen-bond donors (Lipinski definition) is 2. The average Bonchev–Trinajstić information content (AvgIpc) is 3.19. The molecule has 20 heavy (non-hydrogen) atoms. The maximum absolute atomic E-state index is 9.57. The summed E-state index contributed by atoms with van der Waals surface area (Å²) in [6.07, 6.45) is 3.72. The van der Waals surface area contributed by atoms with Crippen molar-refractivity contribution < 1.29 is 5.11 Å². The molecule has 2 N–H and O–H groups in total. The van der Waals surface area contributed by atoms with E-state index in [0.29, 0.717) is 12.0 Å². The zero-order chi connectivity index (χ0) is 14.1. The number of nitrogens with zero attached hydrogens (tertiary/aromatic N) is 1. The summed E-state index contributed by atoms with van der Waals surface area (Å²) in [7, 11) is 0. The molecule has 4 heteroatoms. The summed E-state index contributed by atoms with van der Waals surface area (Å²) >= 11 is 6.46. The van der Waals surface area contributed by atoms with E-state index in [0.717, 1.165) is 30.2 Å². The van der Waals surface area contributed by atoms with Crippen LogP contribution in [0, 0.1) is 5.92 Å². The smallest absolute Gasteiger partial charge is 0.0642 e. The van der Waals surface area contributed by atoms with Crippen LogP contribution in [0.25, 0.3) is 0 Å². The van der Waals surface area contributed by atoms with E-state index < -0.39 is 0 Å². The predicted molar refractivity (Wildman–Crippen MR) is 83.3 cm³/mol. The number of aliphatic hydroxyl groups excluding tert-OH is 1. The molecule has 2 aliphatic rings. The van der Waals surface area contributed by atoms with E-state index in [1.807, 2.05) is 0 Å². The van der Waals surface area contributed by atoms with Crippen molar-refractivity contribution in [1.29, 1.82) is 0 Å². The highest BCUT2D eigenvalue weighted by Gasteiger charge is 2.31. The van der Waals surface area contributed by atoms with E-state index in [2.05, 4.69) is 35.3 Å². The Balaban J connectivity index is 1.72. The van der Waals surface area contributed by atoms with Crippen LogP contribution in [0.5, 0.6) is 0 Å². The van der Waals surface area contributed by atoms with Gasteiger partial charge in [0.2, 0.25) is 0 Å². The van der Waals surface area contributed by atoms with E-state index in [9.17, 15) is 5.11 Å². The molecule has 0 aromatic heterocycles. The van der Waals surface area contributed by atoms with Crippen LogP contribution < -0.4 is 10.2 Å². The molecule has 110 valence electrons. The van der Waals surface area contributed by atoms with Gasteiger partial charge in [-0.25, -0.2) is 0 Å². The first kappa shape index (κ1) is 14.2.